The van der Waals surface area contributed by atoms with E-state index < -0.39 is 29.6 Å². The van der Waals surface area contributed by atoms with Crippen molar-refractivity contribution in [2.75, 3.05) is 10.6 Å². The van der Waals surface area contributed by atoms with Crippen LogP contribution in [0.5, 0.6) is 0 Å². The highest BCUT2D eigenvalue weighted by Gasteiger charge is 2.57. The minimum atomic E-state index is -4.39. The van der Waals surface area contributed by atoms with Crippen LogP contribution >= 0.6 is 0 Å². The Morgan fingerprint density at radius 1 is 1.05 bits per heavy atom. The molecule has 5 rings (SSSR count). The zero-order valence-corrected chi connectivity index (χ0v) is 21.2. The first-order valence-electron chi connectivity index (χ1n) is 12.2. The summed E-state index contributed by atoms with van der Waals surface area (Å²) in [6.45, 7) is 8.27. The van der Waals surface area contributed by atoms with E-state index in [4.69, 9.17) is 0 Å². The van der Waals surface area contributed by atoms with Crippen molar-refractivity contribution in [3.8, 4) is 5.69 Å². The van der Waals surface area contributed by atoms with Crippen molar-refractivity contribution >= 4 is 17.5 Å². The van der Waals surface area contributed by atoms with Crippen molar-refractivity contribution in [3.05, 3.63) is 41.9 Å². The van der Waals surface area contributed by atoms with Gasteiger partial charge in [-0.2, -0.15) is 18.2 Å². The van der Waals surface area contributed by atoms with E-state index in [9.17, 15) is 17.6 Å². The molecule has 3 aromatic rings. The van der Waals surface area contributed by atoms with Gasteiger partial charge in [0.15, 0.2) is 11.6 Å². The van der Waals surface area contributed by atoms with Gasteiger partial charge in [0.05, 0.1) is 23.5 Å². The van der Waals surface area contributed by atoms with Crippen LogP contribution in [0.25, 0.3) is 5.69 Å². The predicted molar refractivity (Wildman–Crippen MR) is 129 cm³/mol. The average molecular weight is 538 g/mol. The zero-order valence-electron chi connectivity index (χ0n) is 21.2. The fourth-order valence-corrected chi connectivity index (χ4v) is 5.61. The summed E-state index contributed by atoms with van der Waals surface area (Å²) in [6, 6.07) is 2.25. The number of benzene rings is 1. The molecule has 9 nitrogen and oxygen atoms in total. The van der Waals surface area contributed by atoms with E-state index in [-0.39, 0.29) is 52.2 Å². The summed E-state index contributed by atoms with van der Waals surface area (Å²) in [6.07, 6.45) is -0.917. The maximum Gasteiger partial charge on any atom is 0.392 e. The monoisotopic (exact) mass is 537 g/mol. The molecule has 38 heavy (non-hydrogen) atoms. The van der Waals surface area contributed by atoms with Gasteiger partial charge in [0.2, 0.25) is 5.95 Å². The first-order valence-corrected chi connectivity index (χ1v) is 12.2. The third kappa shape index (κ3) is 5.54. The molecule has 2 fully saturated rings. The number of halogens is 5. The molecule has 1 aromatic carbocycles. The topological polar surface area (TPSA) is 105 Å². The van der Waals surface area contributed by atoms with Gasteiger partial charge in [-0.05, 0) is 81.0 Å². The molecule has 2 aromatic heterocycles. The number of hydrogen-bond acceptors (Lipinski definition) is 8. The molecule has 0 amide bonds. The number of rotatable bonds is 6. The third-order valence-electron chi connectivity index (χ3n) is 6.84. The molecule has 1 aliphatic heterocycles. The second kappa shape index (κ2) is 9.10. The van der Waals surface area contributed by atoms with Gasteiger partial charge in [-0.1, -0.05) is 0 Å². The van der Waals surface area contributed by atoms with Crippen LogP contribution in [0.1, 0.15) is 58.4 Å². The summed E-state index contributed by atoms with van der Waals surface area (Å²) in [7, 11) is 0. The molecule has 14 heteroatoms. The lowest BCUT2D eigenvalue weighted by Gasteiger charge is -2.46. The standard InChI is InChI=1S/C24H28F5N9/c1-22(2)8-12(9-23(3,4)35-22)32-20-17(26)10-30-21(34-20)33-18-7-19(38-11-31-36-37-38)14(6-16(18)25)13-5-15(13)24(27,28)29/h6-7,10-13,15,35H,5,8-9H2,1-4H3,(H2,30,32,33,34)/t13-,15+/m0/s1. The van der Waals surface area contributed by atoms with Gasteiger partial charge >= 0.3 is 6.18 Å². The molecule has 3 N–H and O–H groups in total. The lowest BCUT2D eigenvalue weighted by Crippen LogP contribution is -2.60. The van der Waals surface area contributed by atoms with Crippen molar-refractivity contribution in [1.82, 2.24) is 35.5 Å². The summed E-state index contributed by atoms with van der Waals surface area (Å²) in [5, 5.41) is 20.3. The molecule has 0 spiro atoms. The van der Waals surface area contributed by atoms with E-state index >= 15 is 4.39 Å². The van der Waals surface area contributed by atoms with E-state index in [2.05, 4.69) is 69.1 Å². The number of nitrogens with one attached hydrogen (secondary N) is 3. The van der Waals surface area contributed by atoms with Crippen molar-refractivity contribution in [2.45, 2.75) is 76.2 Å². The molecule has 2 atom stereocenters. The summed E-state index contributed by atoms with van der Waals surface area (Å²) in [5.41, 5.74) is -0.163. The smallest absolute Gasteiger partial charge is 0.365 e. The second-order valence-electron chi connectivity index (χ2n) is 11.3. The van der Waals surface area contributed by atoms with E-state index in [1.165, 1.54) is 17.1 Å². The number of nitrogens with zero attached hydrogens (tertiary/aromatic N) is 6. The zero-order chi connectivity index (χ0) is 27.5. The molecular formula is C24H28F5N9. The first kappa shape index (κ1) is 26.2. The van der Waals surface area contributed by atoms with E-state index in [1.807, 2.05) is 0 Å². The van der Waals surface area contributed by atoms with Gasteiger partial charge in [-0.3, -0.25) is 0 Å². The number of aromatic nitrogens is 6. The van der Waals surface area contributed by atoms with Gasteiger partial charge < -0.3 is 16.0 Å². The Bertz CT molecular complexity index is 1310. The fraction of sp³-hybridized carbons (Fsp3) is 0.542. The number of anilines is 3. The Labute approximate surface area is 215 Å². The summed E-state index contributed by atoms with van der Waals surface area (Å²) < 4.78 is 70.6. The van der Waals surface area contributed by atoms with Crippen LogP contribution in [0, 0.1) is 17.6 Å². The molecule has 0 unspecified atom stereocenters. The number of piperidine rings is 1. The van der Waals surface area contributed by atoms with Crippen molar-refractivity contribution < 1.29 is 22.0 Å². The molecule has 0 bridgehead atoms. The Morgan fingerprint density at radius 3 is 2.37 bits per heavy atom. The fourth-order valence-electron chi connectivity index (χ4n) is 5.61. The number of tetrazole rings is 1. The second-order valence-corrected chi connectivity index (χ2v) is 11.3. The third-order valence-corrected chi connectivity index (χ3v) is 6.84. The number of hydrogen-bond donors (Lipinski definition) is 3. The lowest BCUT2D eigenvalue weighted by molar-refractivity contribution is -0.148. The largest absolute Gasteiger partial charge is 0.392 e. The Kier molecular flexibility index (Phi) is 6.27. The minimum Gasteiger partial charge on any atom is -0.365 e. The Hall–Kier alpha value is -3.42. The maximum absolute atomic E-state index is 15.1. The van der Waals surface area contributed by atoms with Crippen LogP contribution < -0.4 is 16.0 Å². The van der Waals surface area contributed by atoms with E-state index in [1.54, 1.807) is 0 Å². The van der Waals surface area contributed by atoms with E-state index in [0.717, 1.165) is 12.3 Å². The molecule has 1 saturated heterocycles. The van der Waals surface area contributed by atoms with Crippen molar-refractivity contribution in [2.24, 2.45) is 5.92 Å². The highest BCUT2D eigenvalue weighted by molar-refractivity contribution is 5.63. The van der Waals surface area contributed by atoms with Crippen LogP contribution in [-0.4, -0.2) is 53.5 Å². The quantitative estimate of drug-likeness (QED) is 0.383. The first-order chi connectivity index (χ1) is 17.7. The number of alkyl halides is 3. The lowest BCUT2D eigenvalue weighted by atomic mass is 9.79. The van der Waals surface area contributed by atoms with Crippen molar-refractivity contribution in [3.63, 3.8) is 0 Å². The van der Waals surface area contributed by atoms with Gasteiger partial charge in [-0.25, -0.2) is 18.4 Å². The van der Waals surface area contributed by atoms with Gasteiger partial charge in [-0.15, -0.1) is 5.10 Å². The molecule has 1 aliphatic carbocycles. The van der Waals surface area contributed by atoms with Crippen molar-refractivity contribution in [1.29, 1.82) is 0 Å². The molecular weight excluding hydrogens is 509 g/mol. The van der Waals surface area contributed by atoms with Gasteiger partial charge in [0.25, 0.3) is 0 Å². The average Bonchev–Trinajstić information content (AvgIpc) is 3.42. The summed E-state index contributed by atoms with van der Waals surface area (Å²) in [4.78, 5) is 8.13. The van der Waals surface area contributed by atoms with Crippen LogP contribution in [0.15, 0.2) is 24.7 Å². The Morgan fingerprint density at radius 2 is 1.76 bits per heavy atom. The van der Waals surface area contributed by atoms with Gasteiger partial charge in [0.1, 0.15) is 12.1 Å². The maximum atomic E-state index is 15.1. The highest BCUT2D eigenvalue weighted by Crippen LogP contribution is 2.57. The van der Waals surface area contributed by atoms with Crippen LogP contribution in [0.3, 0.4) is 0 Å². The predicted octanol–water partition coefficient (Wildman–Crippen LogP) is 4.86. The van der Waals surface area contributed by atoms with E-state index in [0.29, 0.717) is 12.8 Å². The minimum absolute atomic E-state index is 0.0373. The van der Waals surface area contributed by atoms with Crippen LogP contribution in [-0.2, 0) is 0 Å². The summed E-state index contributed by atoms with van der Waals surface area (Å²) in [5.74, 6) is -4.07. The van der Waals surface area contributed by atoms with Crippen LogP contribution in [0.4, 0.5) is 39.4 Å². The Balaban J connectivity index is 1.42. The molecule has 204 valence electrons. The molecule has 0 radical (unpaired) electrons. The molecule has 2 aliphatic rings. The SMILES string of the molecule is CC1(C)CC(Nc2nc(Nc3cc(-n4cnnn4)c([C@@H]4C[C@H]4C(F)(F)F)cc3F)ncc2F)CC(C)(C)N1. The van der Waals surface area contributed by atoms with Crippen LogP contribution in [0.2, 0.25) is 0 Å². The summed E-state index contributed by atoms with van der Waals surface area (Å²) >= 11 is 0. The van der Waals surface area contributed by atoms with Gasteiger partial charge in [0, 0.05) is 17.1 Å². The highest BCUT2D eigenvalue weighted by atomic mass is 19.4. The molecule has 3 heterocycles. The molecule has 1 saturated carbocycles. The normalized spacial score (nSPS) is 22.8.